The first-order chi connectivity index (χ1) is 13.1. The van der Waals surface area contributed by atoms with Crippen molar-refractivity contribution in [2.45, 2.75) is 19.9 Å². The van der Waals surface area contributed by atoms with Crippen molar-refractivity contribution in [3.63, 3.8) is 0 Å². The van der Waals surface area contributed by atoms with Crippen molar-refractivity contribution >= 4 is 28.8 Å². The highest BCUT2D eigenvalue weighted by Gasteiger charge is 2.23. The van der Waals surface area contributed by atoms with Gasteiger partial charge in [-0.2, -0.15) is 0 Å². The number of nitrogens with zero attached hydrogens (tertiary/aromatic N) is 3. The van der Waals surface area contributed by atoms with E-state index in [4.69, 9.17) is 0 Å². The zero-order valence-corrected chi connectivity index (χ0v) is 15.6. The zero-order valence-electron chi connectivity index (χ0n) is 14.8. The van der Waals surface area contributed by atoms with E-state index in [1.165, 1.54) is 29.0 Å². The first kappa shape index (κ1) is 17.4. The highest BCUT2D eigenvalue weighted by Crippen LogP contribution is 2.26. The number of hydrogen-bond donors (Lipinski definition) is 1. The Morgan fingerprint density at radius 3 is 2.93 bits per heavy atom. The Balaban J connectivity index is 1.53. The van der Waals surface area contributed by atoms with Crippen LogP contribution in [0.25, 0.3) is 0 Å². The molecule has 4 rings (SSSR count). The lowest BCUT2D eigenvalue weighted by molar-refractivity contribution is 0.0735. The number of anilines is 1. The van der Waals surface area contributed by atoms with Gasteiger partial charge in [0.2, 0.25) is 0 Å². The van der Waals surface area contributed by atoms with E-state index in [0.717, 1.165) is 12.0 Å². The van der Waals surface area contributed by atoms with E-state index in [2.05, 4.69) is 26.7 Å². The smallest absolute Gasteiger partial charge is 0.275 e. The van der Waals surface area contributed by atoms with Crippen molar-refractivity contribution in [1.82, 2.24) is 14.9 Å². The monoisotopic (exact) mass is 378 g/mol. The minimum atomic E-state index is -0.350. The predicted octanol–water partition coefficient (Wildman–Crippen LogP) is 3.30. The average molecular weight is 378 g/mol. The molecular weight excluding hydrogens is 360 g/mol. The zero-order chi connectivity index (χ0) is 18.8. The summed E-state index contributed by atoms with van der Waals surface area (Å²) in [6, 6.07) is 7.47. The Morgan fingerprint density at radius 2 is 2.11 bits per heavy atom. The maximum absolute atomic E-state index is 12.9. The Morgan fingerprint density at radius 1 is 1.22 bits per heavy atom. The van der Waals surface area contributed by atoms with Gasteiger partial charge < -0.3 is 10.2 Å². The molecule has 1 aromatic carbocycles. The van der Waals surface area contributed by atoms with Crippen LogP contribution in [0.5, 0.6) is 0 Å². The quantitative estimate of drug-likeness (QED) is 0.759. The van der Waals surface area contributed by atoms with Gasteiger partial charge in [0.25, 0.3) is 11.8 Å². The van der Waals surface area contributed by atoms with Gasteiger partial charge in [0, 0.05) is 41.6 Å². The molecule has 0 aliphatic carbocycles. The molecule has 3 aromatic rings. The van der Waals surface area contributed by atoms with Gasteiger partial charge in [0.15, 0.2) is 0 Å². The fraction of sp³-hybridized carbons (Fsp3) is 0.200. The number of rotatable bonds is 3. The van der Waals surface area contributed by atoms with Gasteiger partial charge in [0.1, 0.15) is 5.69 Å². The molecule has 0 saturated heterocycles. The summed E-state index contributed by atoms with van der Waals surface area (Å²) in [7, 11) is 0. The Bertz CT molecular complexity index is 1000. The van der Waals surface area contributed by atoms with Crippen LogP contribution in [-0.4, -0.2) is 33.2 Å². The summed E-state index contributed by atoms with van der Waals surface area (Å²) < 4.78 is 0. The lowest BCUT2D eigenvalue weighted by atomic mass is 10.1. The normalized spacial score (nSPS) is 13.1. The first-order valence-electron chi connectivity index (χ1n) is 8.64. The maximum atomic E-state index is 12.9. The van der Waals surface area contributed by atoms with Crippen LogP contribution in [0.15, 0.2) is 48.2 Å². The van der Waals surface area contributed by atoms with E-state index in [-0.39, 0.29) is 17.5 Å². The molecule has 0 unspecified atom stereocenters. The van der Waals surface area contributed by atoms with Crippen LogP contribution in [0.3, 0.4) is 0 Å². The van der Waals surface area contributed by atoms with E-state index in [0.29, 0.717) is 24.3 Å². The number of benzene rings is 1. The van der Waals surface area contributed by atoms with E-state index < -0.39 is 0 Å². The molecule has 7 heteroatoms. The van der Waals surface area contributed by atoms with Gasteiger partial charge in [0.05, 0.1) is 6.20 Å². The van der Waals surface area contributed by atoms with Crippen LogP contribution in [0.4, 0.5) is 5.69 Å². The summed E-state index contributed by atoms with van der Waals surface area (Å²) in [4.78, 5) is 36.4. The van der Waals surface area contributed by atoms with Gasteiger partial charge in [-0.15, -0.1) is 11.3 Å². The van der Waals surface area contributed by atoms with Gasteiger partial charge in [-0.25, -0.2) is 4.98 Å². The highest BCUT2D eigenvalue weighted by molar-refractivity contribution is 7.10. The maximum Gasteiger partial charge on any atom is 0.275 e. The topological polar surface area (TPSA) is 75.2 Å². The van der Waals surface area contributed by atoms with Gasteiger partial charge >= 0.3 is 0 Å². The molecule has 2 amide bonds. The Kier molecular flexibility index (Phi) is 4.68. The highest BCUT2D eigenvalue weighted by atomic mass is 32.1. The number of hydrogen-bond acceptors (Lipinski definition) is 5. The third-order valence-electron chi connectivity index (χ3n) is 4.62. The second-order valence-electron chi connectivity index (χ2n) is 6.42. The van der Waals surface area contributed by atoms with Crippen molar-refractivity contribution in [3.8, 4) is 0 Å². The molecule has 1 aliphatic heterocycles. The first-order valence-corrected chi connectivity index (χ1v) is 9.52. The van der Waals surface area contributed by atoms with E-state index in [1.807, 2.05) is 17.9 Å². The van der Waals surface area contributed by atoms with Crippen LogP contribution >= 0.6 is 11.3 Å². The van der Waals surface area contributed by atoms with Crippen LogP contribution in [-0.2, 0) is 13.0 Å². The molecule has 1 aliphatic rings. The molecule has 0 atom stereocenters. The molecule has 0 fully saturated rings. The summed E-state index contributed by atoms with van der Waals surface area (Å²) in [6.45, 7) is 3.23. The van der Waals surface area contributed by atoms with Crippen LogP contribution in [0, 0.1) is 6.92 Å². The lowest BCUT2D eigenvalue weighted by Gasteiger charge is -2.27. The summed E-state index contributed by atoms with van der Waals surface area (Å²) in [6.07, 6.45) is 5.28. The molecule has 0 radical (unpaired) electrons. The second-order valence-corrected chi connectivity index (χ2v) is 7.42. The number of nitrogens with one attached hydrogen (secondary N) is 1. The third-order valence-corrected chi connectivity index (χ3v) is 5.65. The van der Waals surface area contributed by atoms with E-state index in [9.17, 15) is 9.59 Å². The van der Waals surface area contributed by atoms with Crippen molar-refractivity contribution in [3.05, 3.63) is 75.5 Å². The van der Waals surface area contributed by atoms with Crippen molar-refractivity contribution in [2.75, 3.05) is 11.9 Å². The van der Waals surface area contributed by atoms with Gasteiger partial charge in [-0.1, -0.05) is 6.07 Å². The molecule has 0 saturated carbocycles. The van der Waals surface area contributed by atoms with Crippen LogP contribution in [0.1, 0.15) is 36.9 Å². The summed E-state index contributed by atoms with van der Waals surface area (Å²) in [5, 5.41) is 4.90. The van der Waals surface area contributed by atoms with Gasteiger partial charge in [-0.3, -0.25) is 14.6 Å². The average Bonchev–Trinajstić information content (AvgIpc) is 3.17. The van der Waals surface area contributed by atoms with Crippen molar-refractivity contribution < 1.29 is 9.59 Å². The minimum Gasteiger partial charge on any atom is -0.334 e. The number of thiophene rings is 1. The number of carbonyl (C=O) groups excluding carboxylic acids is 2. The number of carbonyl (C=O) groups is 2. The molecule has 0 spiro atoms. The number of fused-ring (bicyclic) bond motifs is 1. The molecule has 0 bridgehead atoms. The summed E-state index contributed by atoms with van der Waals surface area (Å²) >= 11 is 1.75. The van der Waals surface area contributed by atoms with E-state index in [1.54, 1.807) is 23.5 Å². The van der Waals surface area contributed by atoms with Crippen molar-refractivity contribution in [1.29, 1.82) is 0 Å². The lowest BCUT2D eigenvalue weighted by Crippen LogP contribution is -2.35. The minimum absolute atomic E-state index is 0.0261. The SMILES string of the molecule is Cc1ccc(C(=O)N2CCc3sccc3C2)cc1NC(=O)c1cnccn1. The van der Waals surface area contributed by atoms with Crippen LogP contribution < -0.4 is 5.32 Å². The Labute approximate surface area is 160 Å². The predicted molar refractivity (Wildman–Crippen MR) is 104 cm³/mol. The Hall–Kier alpha value is -3.06. The molecule has 1 N–H and O–H groups in total. The third kappa shape index (κ3) is 3.59. The standard InChI is InChI=1S/C20H18N4O2S/c1-13-2-3-14(10-16(13)23-19(25)17-11-21-6-7-22-17)20(26)24-8-4-18-15(12-24)5-9-27-18/h2-3,5-7,9-11H,4,8,12H2,1H3,(H,23,25). The van der Waals surface area contributed by atoms with E-state index >= 15 is 0 Å². The number of amides is 2. The second kappa shape index (κ2) is 7.28. The fourth-order valence-electron chi connectivity index (χ4n) is 3.10. The summed E-state index contributed by atoms with van der Waals surface area (Å²) in [5.41, 5.74) is 3.50. The number of aromatic nitrogens is 2. The molecule has 2 aromatic heterocycles. The van der Waals surface area contributed by atoms with Gasteiger partial charge in [-0.05, 0) is 48.1 Å². The molecule has 136 valence electrons. The molecule has 3 heterocycles. The number of aryl methyl sites for hydroxylation is 1. The summed E-state index contributed by atoms with van der Waals surface area (Å²) in [5.74, 6) is -0.376. The fourth-order valence-corrected chi connectivity index (χ4v) is 3.99. The van der Waals surface area contributed by atoms with Crippen LogP contribution in [0.2, 0.25) is 0 Å². The molecular formula is C20H18N4O2S. The molecule has 27 heavy (non-hydrogen) atoms. The molecule has 6 nitrogen and oxygen atoms in total. The van der Waals surface area contributed by atoms with Crippen molar-refractivity contribution in [2.24, 2.45) is 0 Å². The largest absolute Gasteiger partial charge is 0.334 e.